The van der Waals surface area contributed by atoms with Crippen LogP contribution in [-0.4, -0.2) is 23.0 Å². The summed E-state index contributed by atoms with van der Waals surface area (Å²) >= 11 is 0. The van der Waals surface area contributed by atoms with E-state index < -0.39 is 5.97 Å². The summed E-state index contributed by atoms with van der Waals surface area (Å²) in [5, 5.41) is 0. The summed E-state index contributed by atoms with van der Waals surface area (Å²) in [6.45, 7) is 0. The number of benzene rings is 1. The number of pyridine rings is 2. The average Bonchev–Trinajstić information content (AvgIpc) is 2.54. The number of hydrogen-bond acceptors (Lipinski definition) is 5. The van der Waals surface area contributed by atoms with Crippen molar-refractivity contribution >= 4 is 22.7 Å². The number of anilines is 1. The van der Waals surface area contributed by atoms with Crippen LogP contribution in [-0.2, 0) is 4.74 Å². The molecule has 6 heteroatoms. The van der Waals surface area contributed by atoms with Gasteiger partial charge in [-0.15, -0.1) is 0 Å². The third kappa shape index (κ3) is 3.76. The second-order valence-corrected chi connectivity index (χ2v) is 4.28. The minimum absolute atomic E-state index is 0.287. The molecule has 0 aliphatic carbocycles. The zero-order chi connectivity index (χ0) is 15.9. The van der Waals surface area contributed by atoms with Crippen LogP contribution in [0.25, 0.3) is 11.0 Å². The standard InChI is InChI=1S/C10H8N2O2.C6H6FN/c1-14-10(13)7-4-6-11-8-3-2-5-12-9(7)8;7-5-2-1-3-6(8)4-5/h2-6H,1H3;1-4H,8H2. The van der Waals surface area contributed by atoms with Gasteiger partial charge in [-0.1, -0.05) is 6.07 Å². The smallest absolute Gasteiger partial charge is 0.340 e. The van der Waals surface area contributed by atoms with Gasteiger partial charge in [-0.3, -0.25) is 9.97 Å². The number of rotatable bonds is 1. The molecule has 1 aromatic carbocycles. The monoisotopic (exact) mass is 299 g/mol. The van der Waals surface area contributed by atoms with Crippen LogP contribution >= 0.6 is 0 Å². The van der Waals surface area contributed by atoms with Crippen molar-refractivity contribution < 1.29 is 13.9 Å². The molecule has 0 saturated heterocycles. The van der Waals surface area contributed by atoms with E-state index in [1.807, 2.05) is 0 Å². The van der Waals surface area contributed by atoms with Gasteiger partial charge in [0.1, 0.15) is 11.3 Å². The fourth-order valence-electron chi connectivity index (χ4n) is 1.76. The van der Waals surface area contributed by atoms with E-state index in [0.29, 0.717) is 22.3 Å². The number of halogens is 1. The first-order chi connectivity index (χ1) is 10.6. The van der Waals surface area contributed by atoms with Crippen molar-refractivity contribution in [1.82, 2.24) is 9.97 Å². The predicted molar refractivity (Wildman–Crippen MR) is 81.7 cm³/mol. The number of hydrogen-bond donors (Lipinski definition) is 1. The Kier molecular flexibility index (Phi) is 4.98. The predicted octanol–water partition coefficient (Wildman–Crippen LogP) is 2.82. The van der Waals surface area contributed by atoms with E-state index in [4.69, 9.17) is 5.73 Å². The maximum Gasteiger partial charge on any atom is 0.340 e. The van der Waals surface area contributed by atoms with Crippen molar-refractivity contribution in [3.8, 4) is 0 Å². The fourth-order valence-corrected chi connectivity index (χ4v) is 1.76. The third-order valence-corrected chi connectivity index (χ3v) is 2.75. The first-order valence-corrected chi connectivity index (χ1v) is 6.41. The van der Waals surface area contributed by atoms with Crippen LogP contribution < -0.4 is 5.73 Å². The van der Waals surface area contributed by atoms with Crippen LogP contribution in [0.1, 0.15) is 10.4 Å². The van der Waals surface area contributed by atoms with Crippen molar-refractivity contribution in [3.05, 3.63) is 66.2 Å². The SMILES string of the molecule is COC(=O)c1ccnc2cccnc12.Nc1cccc(F)c1. The maximum atomic E-state index is 12.1. The topological polar surface area (TPSA) is 78.1 Å². The van der Waals surface area contributed by atoms with E-state index in [1.165, 1.54) is 19.2 Å². The quantitative estimate of drug-likeness (QED) is 0.552. The Balaban J connectivity index is 0.000000188. The van der Waals surface area contributed by atoms with Gasteiger partial charge in [0.2, 0.25) is 0 Å². The van der Waals surface area contributed by atoms with Crippen molar-refractivity contribution in [2.24, 2.45) is 0 Å². The number of ether oxygens (including phenoxy) is 1. The van der Waals surface area contributed by atoms with Gasteiger partial charge in [-0.25, -0.2) is 9.18 Å². The number of carbonyl (C=O) groups is 1. The van der Waals surface area contributed by atoms with E-state index in [9.17, 15) is 9.18 Å². The number of methoxy groups -OCH3 is 1. The van der Waals surface area contributed by atoms with Gasteiger partial charge < -0.3 is 10.5 Å². The van der Waals surface area contributed by atoms with E-state index >= 15 is 0 Å². The highest BCUT2D eigenvalue weighted by molar-refractivity contribution is 6.01. The summed E-state index contributed by atoms with van der Waals surface area (Å²) in [6.07, 6.45) is 3.19. The molecule has 0 bridgehead atoms. The minimum Gasteiger partial charge on any atom is -0.465 e. The van der Waals surface area contributed by atoms with Crippen LogP contribution in [0.5, 0.6) is 0 Å². The molecule has 0 radical (unpaired) electrons. The molecule has 0 aliphatic rings. The normalized spacial score (nSPS) is 9.73. The van der Waals surface area contributed by atoms with Crippen molar-refractivity contribution in [2.45, 2.75) is 0 Å². The first-order valence-electron chi connectivity index (χ1n) is 6.41. The molecule has 0 unspecified atom stereocenters. The summed E-state index contributed by atoms with van der Waals surface area (Å²) in [6, 6.07) is 11.0. The van der Waals surface area contributed by atoms with Gasteiger partial charge in [0.05, 0.1) is 18.2 Å². The Hall–Kier alpha value is -3.02. The highest BCUT2D eigenvalue weighted by Gasteiger charge is 2.10. The lowest BCUT2D eigenvalue weighted by Gasteiger charge is -2.01. The van der Waals surface area contributed by atoms with E-state index in [0.717, 1.165) is 0 Å². The Morgan fingerprint density at radius 2 is 1.95 bits per heavy atom. The lowest BCUT2D eigenvalue weighted by Crippen LogP contribution is -2.03. The zero-order valence-corrected chi connectivity index (χ0v) is 11.9. The number of esters is 1. The molecule has 0 atom stereocenters. The van der Waals surface area contributed by atoms with Gasteiger partial charge in [-0.05, 0) is 36.4 Å². The summed E-state index contributed by atoms with van der Waals surface area (Å²) in [5.74, 6) is -0.680. The molecule has 2 aromatic heterocycles. The molecule has 0 fully saturated rings. The van der Waals surface area contributed by atoms with Crippen molar-refractivity contribution in [2.75, 3.05) is 12.8 Å². The lowest BCUT2D eigenvalue weighted by atomic mass is 10.2. The van der Waals surface area contributed by atoms with Gasteiger partial charge >= 0.3 is 5.97 Å². The highest BCUT2D eigenvalue weighted by atomic mass is 19.1. The first kappa shape index (κ1) is 15.4. The number of nitrogen functional groups attached to an aromatic ring is 1. The van der Waals surface area contributed by atoms with Crippen molar-refractivity contribution in [3.63, 3.8) is 0 Å². The molecule has 2 N–H and O–H groups in total. The lowest BCUT2D eigenvalue weighted by molar-refractivity contribution is 0.0602. The van der Waals surface area contributed by atoms with Gasteiger partial charge in [0.25, 0.3) is 0 Å². The Bertz CT molecular complexity index is 770. The second kappa shape index (κ2) is 7.12. The molecule has 5 nitrogen and oxygen atoms in total. The number of nitrogens with two attached hydrogens (primary N) is 1. The van der Waals surface area contributed by atoms with E-state index in [2.05, 4.69) is 14.7 Å². The minimum atomic E-state index is -0.392. The Morgan fingerprint density at radius 1 is 1.14 bits per heavy atom. The number of aromatic nitrogens is 2. The molecule has 112 valence electrons. The third-order valence-electron chi connectivity index (χ3n) is 2.75. The van der Waals surface area contributed by atoms with Gasteiger partial charge in [0.15, 0.2) is 0 Å². The van der Waals surface area contributed by atoms with Gasteiger partial charge in [0, 0.05) is 18.1 Å². The molecule has 3 rings (SSSR count). The van der Waals surface area contributed by atoms with Crippen molar-refractivity contribution in [1.29, 1.82) is 0 Å². The largest absolute Gasteiger partial charge is 0.465 e. The molecule has 0 spiro atoms. The molecule has 3 aromatic rings. The Labute approximate surface area is 126 Å². The summed E-state index contributed by atoms with van der Waals surface area (Å²) in [4.78, 5) is 19.5. The second-order valence-electron chi connectivity index (χ2n) is 4.28. The number of nitrogens with zero attached hydrogens (tertiary/aromatic N) is 2. The number of carbonyl (C=O) groups excluding carboxylic acids is 1. The zero-order valence-electron chi connectivity index (χ0n) is 11.9. The van der Waals surface area contributed by atoms with Crippen LogP contribution in [0, 0.1) is 5.82 Å². The van der Waals surface area contributed by atoms with Crippen LogP contribution in [0.4, 0.5) is 10.1 Å². The molecular weight excluding hydrogens is 285 g/mol. The average molecular weight is 299 g/mol. The fraction of sp³-hybridized carbons (Fsp3) is 0.0625. The highest BCUT2D eigenvalue weighted by Crippen LogP contribution is 2.13. The summed E-state index contributed by atoms with van der Waals surface area (Å²) in [5.41, 5.74) is 7.39. The van der Waals surface area contributed by atoms with Crippen LogP contribution in [0.15, 0.2) is 54.9 Å². The van der Waals surface area contributed by atoms with Gasteiger partial charge in [-0.2, -0.15) is 0 Å². The van der Waals surface area contributed by atoms with E-state index in [1.54, 1.807) is 42.7 Å². The number of fused-ring (bicyclic) bond motifs is 1. The summed E-state index contributed by atoms with van der Waals surface area (Å²) in [7, 11) is 1.34. The molecule has 0 saturated carbocycles. The van der Waals surface area contributed by atoms with E-state index in [-0.39, 0.29) is 5.82 Å². The molecule has 0 aliphatic heterocycles. The molecule has 22 heavy (non-hydrogen) atoms. The summed E-state index contributed by atoms with van der Waals surface area (Å²) < 4.78 is 16.7. The molecule has 0 amide bonds. The molecule has 2 heterocycles. The van der Waals surface area contributed by atoms with Crippen LogP contribution in [0.2, 0.25) is 0 Å². The Morgan fingerprint density at radius 3 is 2.59 bits per heavy atom. The van der Waals surface area contributed by atoms with Crippen LogP contribution in [0.3, 0.4) is 0 Å². The molecular formula is C16H14FN3O2. The maximum absolute atomic E-state index is 12.1.